The topological polar surface area (TPSA) is 12.0 Å². The average Bonchev–Trinajstić information content (AvgIpc) is 2.26. The molecular formula is C12H29NSSi. The lowest BCUT2D eigenvalue weighted by molar-refractivity contribution is 0.613. The third-order valence-electron chi connectivity index (χ3n) is 2.53. The van der Waals surface area contributed by atoms with Gasteiger partial charge in [0.2, 0.25) is 0 Å². The summed E-state index contributed by atoms with van der Waals surface area (Å²) >= 11 is 2.18. The predicted octanol–water partition coefficient (Wildman–Crippen LogP) is 2.91. The van der Waals surface area contributed by atoms with E-state index >= 15 is 0 Å². The smallest absolute Gasteiger partial charge is 0.0204 e. The molecule has 0 saturated heterocycles. The summed E-state index contributed by atoms with van der Waals surface area (Å²) in [5, 5.41) is 3.37. The van der Waals surface area contributed by atoms with Gasteiger partial charge in [-0.25, -0.2) is 0 Å². The molecule has 0 heterocycles. The van der Waals surface area contributed by atoms with E-state index in [1.807, 2.05) is 0 Å². The molecule has 0 aromatic carbocycles. The Labute approximate surface area is 103 Å². The van der Waals surface area contributed by atoms with Gasteiger partial charge in [0.05, 0.1) is 0 Å². The molecule has 1 nitrogen and oxygen atoms in total. The van der Waals surface area contributed by atoms with Gasteiger partial charge in [-0.2, -0.15) is 11.8 Å². The summed E-state index contributed by atoms with van der Waals surface area (Å²) in [7, 11) is 0.339. The maximum Gasteiger partial charge on any atom is 0.0204 e. The minimum atomic E-state index is 0.339. The Morgan fingerprint density at radius 2 is 1.80 bits per heavy atom. The summed E-state index contributed by atoms with van der Waals surface area (Å²) in [6.45, 7) is 6.85. The molecular weight excluding hydrogens is 218 g/mol. The van der Waals surface area contributed by atoms with Crippen molar-refractivity contribution < 1.29 is 0 Å². The Morgan fingerprint density at radius 3 is 2.53 bits per heavy atom. The van der Waals surface area contributed by atoms with Crippen LogP contribution in [-0.2, 0) is 0 Å². The molecule has 0 saturated carbocycles. The van der Waals surface area contributed by atoms with E-state index < -0.39 is 0 Å². The van der Waals surface area contributed by atoms with Crippen molar-refractivity contribution in [3.8, 4) is 0 Å². The summed E-state index contributed by atoms with van der Waals surface area (Å²) in [5.41, 5.74) is 0. The highest BCUT2D eigenvalue weighted by molar-refractivity contribution is 7.99. The zero-order chi connectivity index (χ0) is 11.2. The van der Waals surface area contributed by atoms with Gasteiger partial charge in [0, 0.05) is 9.52 Å². The molecule has 0 spiro atoms. The summed E-state index contributed by atoms with van der Waals surface area (Å²) in [5.74, 6) is 2.84. The van der Waals surface area contributed by atoms with Crippen LogP contribution in [0.15, 0.2) is 0 Å². The standard InChI is InChI=1S/C12H29NSSi/c1-3-13-9-7-5-6-8-10-14-11-12-15-4-2/h13H,3-12,15H2,1-2H3. The largest absolute Gasteiger partial charge is 0.317 e. The average molecular weight is 248 g/mol. The molecule has 0 aliphatic heterocycles. The van der Waals surface area contributed by atoms with Crippen LogP contribution in [0.5, 0.6) is 0 Å². The number of unbranched alkanes of at least 4 members (excludes halogenated alkanes) is 3. The van der Waals surface area contributed by atoms with E-state index in [4.69, 9.17) is 0 Å². The second-order valence-corrected chi connectivity index (χ2v) is 7.73. The fourth-order valence-electron chi connectivity index (χ4n) is 1.54. The molecule has 0 atom stereocenters. The SMILES string of the molecule is CCNCCCCCCSCC[SiH2]CC. The van der Waals surface area contributed by atoms with Gasteiger partial charge in [-0.3, -0.25) is 0 Å². The number of nitrogens with one attached hydrogen (secondary N) is 1. The minimum Gasteiger partial charge on any atom is -0.317 e. The van der Waals surface area contributed by atoms with Gasteiger partial charge < -0.3 is 5.32 Å². The van der Waals surface area contributed by atoms with Crippen LogP contribution in [0, 0.1) is 0 Å². The molecule has 0 aromatic heterocycles. The summed E-state index contributed by atoms with van der Waals surface area (Å²) in [4.78, 5) is 0. The van der Waals surface area contributed by atoms with E-state index in [2.05, 4.69) is 30.9 Å². The van der Waals surface area contributed by atoms with Gasteiger partial charge in [-0.05, 0) is 37.4 Å². The normalized spacial score (nSPS) is 11.6. The first-order chi connectivity index (χ1) is 7.41. The molecule has 0 amide bonds. The highest BCUT2D eigenvalue weighted by atomic mass is 32.2. The van der Waals surface area contributed by atoms with Crippen LogP contribution >= 0.6 is 11.8 Å². The van der Waals surface area contributed by atoms with E-state index in [-0.39, 0.29) is 0 Å². The number of thioether (sulfide) groups is 1. The van der Waals surface area contributed by atoms with Crippen LogP contribution < -0.4 is 5.32 Å². The second kappa shape index (κ2) is 14.5. The first kappa shape index (κ1) is 15.5. The zero-order valence-electron chi connectivity index (χ0n) is 10.7. The summed E-state index contributed by atoms with van der Waals surface area (Å²) in [6, 6.07) is 3.05. The summed E-state index contributed by atoms with van der Waals surface area (Å²) in [6.07, 6.45) is 5.65. The lowest BCUT2D eigenvalue weighted by Crippen LogP contribution is -2.13. The fourth-order valence-corrected chi connectivity index (χ4v) is 4.29. The zero-order valence-corrected chi connectivity index (χ0v) is 12.9. The third kappa shape index (κ3) is 14.5. The molecule has 1 N–H and O–H groups in total. The maximum absolute atomic E-state index is 3.37. The van der Waals surface area contributed by atoms with Crippen molar-refractivity contribution in [2.45, 2.75) is 51.6 Å². The Morgan fingerprint density at radius 1 is 1.00 bits per heavy atom. The van der Waals surface area contributed by atoms with E-state index in [9.17, 15) is 0 Å². The van der Waals surface area contributed by atoms with Crippen molar-refractivity contribution in [2.24, 2.45) is 0 Å². The van der Waals surface area contributed by atoms with Crippen LogP contribution in [-0.4, -0.2) is 34.1 Å². The first-order valence-electron chi connectivity index (χ1n) is 6.70. The van der Waals surface area contributed by atoms with E-state index in [1.54, 1.807) is 6.04 Å². The van der Waals surface area contributed by atoms with Crippen molar-refractivity contribution >= 4 is 21.3 Å². The lowest BCUT2D eigenvalue weighted by atomic mass is 10.2. The molecule has 0 aliphatic rings. The van der Waals surface area contributed by atoms with E-state index in [0.717, 1.165) is 6.54 Å². The molecule has 15 heavy (non-hydrogen) atoms. The Kier molecular flexibility index (Phi) is 15.0. The highest BCUT2D eigenvalue weighted by Crippen LogP contribution is 2.08. The van der Waals surface area contributed by atoms with Crippen LogP contribution in [0.2, 0.25) is 12.1 Å². The second-order valence-electron chi connectivity index (χ2n) is 4.09. The molecule has 0 rings (SSSR count). The van der Waals surface area contributed by atoms with Gasteiger partial charge in [0.15, 0.2) is 0 Å². The van der Waals surface area contributed by atoms with Gasteiger partial charge in [0.1, 0.15) is 0 Å². The van der Waals surface area contributed by atoms with Crippen molar-refractivity contribution in [2.75, 3.05) is 24.6 Å². The quantitative estimate of drug-likeness (QED) is 0.420. The monoisotopic (exact) mass is 247 g/mol. The molecule has 0 aliphatic carbocycles. The first-order valence-corrected chi connectivity index (χ1v) is 9.85. The molecule has 3 heteroatoms. The summed E-state index contributed by atoms with van der Waals surface area (Å²) < 4.78 is 0. The number of rotatable bonds is 12. The van der Waals surface area contributed by atoms with Crippen molar-refractivity contribution in [1.29, 1.82) is 0 Å². The van der Waals surface area contributed by atoms with Gasteiger partial charge in [0.25, 0.3) is 0 Å². The molecule has 0 radical (unpaired) electrons. The Balaban J connectivity index is 2.81. The van der Waals surface area contributed by atoms with Crippen molar-refractivity contribution in [1.82, 2.24) is 5.32 Å². The Bertz CT molecular complexity index is 99.8. The highest BCUT2D eigenvalue weighted by Gasteiger charge is 1.92. The van der Waals surface area contributed by atoms with Crippen molar-refractivity contribution in [3.63, 3.8) is 0 Å². The molecule has 92 valence electrons. The van der Waals surface area contributed by atoms with Crippen LogP contribution in [0.25, 0.3) is 0 Å². The Hall–Kier alpha value is 0.527. The third-order valence-corrected chi connectivity index (χ3v) is 5.76. The van der Waals surface area contributed by atoms with Gasteiger partial charge in [-0.1, -0.05) is 38.8 Å². The number of hydrogen-bond acceptors (Lipinski definition) is 2. The maximum atomic E-state index is 3.37. The molecule has 0 bridgehead atoms. The molecule has 0 fully saturated rings. The molecule has 0 unspecified atom stereocenters. The van der Waals surface area contributed by atoms with Gasteiger partial charge >= 0.3 is 0 Å². The van der Waals surface area contributed by atoms with Crippen LogP contribution in [0.4, 0.5) is 0 Å². The predicted molar refractivity (Wildman–Crippen MR) is 78.2 cm³/mol. The van der Waals surface area contributed by atoms with Crippen LogP contribution in [0.1, 0.15) is 39.5 Å². The number of hydrogen-bond donors (Lipinski definition) is 1. The van der Waals surface area contributed by atoms with E-state index in [0.29, 0.717) is 9.52 Å². The molecule has 0 aromatic rings. The lowest BCUT2D eigenvalue weighted by Gasteiger charge is -2.02. The fraction of sp³-hybridized carbons (Fsp3) is 1.00. The van der Waals surface area contributed by atoms with E-state index in [1.165, 1.54) is 49.8 Å². The van der Waals surface area contributed by atoms with Crippen molar-refractivity contribution in [3.05, 3.63) is 0 Å². The van der Waals surface area contributed by atoms with Crippen LogP contribution in [0.3, 0.4) is 0 Å². The van der Waals surface area contributed by atoms with Gasteiger partial charge in [-0.15, -0.1) is 0 Å². The minimum absolute atomic E-state index is 0.339.